The van der Waals surface area contributed by atoms with Gasteiger partial charge in [-0.1, -0.05) is 5.16 Å². The molecular weight excluding hydrogens is 216 g/mol. The van der Waals surface area contributed by atoms with E-state index in [-0.39, 0.29) is 0 Å². The third-order valence-electron chi connectivity index (χ3n) is 2.83. The van der Waals surface area contributed by atoms with Crippen molar-refractivity contribution in [3.05, 3.63) is 34.5 Å². The van der Waals surface area contributed by atoms with Gasteiger partial charge in [0.05, 0.1) is 5.69 Å². The smallest absolute Gasteiger partial charge is 0.223 e. The SMILES string of the molecule is Cc1cnc(NCc2c(C)noc2C)nc1C. The lowest BCUT2D eigenvalue weighted by Gasteiger charge is -2.06. The van der Waals surface area contributed by atoms with Crippen LogP contribution in [0.15, 0.2) is 10.7 Å². The quantitative estimate of drug-likeness (QED) is 0.879. The Morgan fingerprint density at radius 2 is 1.94 bits per heavy atom. The first-order chi connectivity index (χ1) is 8.08. The molecule has 0 radical (unpaired) electrons. The summed E-state index contributed by atoms with van der Waals surface area (Å²) in [6.45, 7) is 8.42. The number of hydrogen-bond acceptors (Lipinski definition) is 5. The summed E-state index contributed by atoms with van der Waals surface area (Å²) in [6.07, 6.45) is 1.82. The minimum Gasteiger partial charge on any atom is -0.361 e. The van der Waals surface area contributed by atoms with Crippen molar-refractivity contribution < 1.29 is 4.52 Å². The average molecular weight is 232 g/mol. The zero-order valence-electron chi connectivity index (χ0n) is 10.5. The van der Waals surface area contributed by atoms with Crippen LogP contribution in [0.3, 0.4) is 0 Å². The summed E-state index contributed by atoms with van der Waals surface area (Å²) >= 11 is 0. The molecule has 2 heterocycles. The Labute approximate surface area is 100 Å². The Balaban J connectivity index is 2.10. The second-order valence-electron chi connectivity index (χ2n) is 4.12. The molecule has 0 aliphatic rings. The van der Waals surface area contributed by atoms with Gasteiger partial charge in [0.25, 0.3) is 0 Å². The molecule has 0 unspecified atom stereocenters. The van der Waals surface area contributed by atoms with Crippen LogP contribution in [0.25, 0.3) is 0 Å². The molecule has 0 amide bonds. The van der Waals surface area contributed by atoms with Crippen LogP contribution in [0.5, 0.6) is 0 Å². The fourth-order valence-electron chi connectivity index (χ4n) is 1.53. The van der Waals surface area contributed by atoms with Crippen molar-refractivity contribution in [1.29, 1.82) is 0 Å². The highest BCUT2D eigenvalue weighted by molar-refractivity contribution is 5.32. The summed E-state index contributed by atoms with van der Waals surface area (Å²) in [5.74, 6) is 1.46. The first-order valence-corrected chi connectivity index (χ1v) is 5.54. The Hall–Kier alpha value is -1.91. The normalized spacial score (nSPS) is 10.6. The molecule has 0 bridgehead atoms. The molecule has 5 heteroatoms. The highest BCUT2D eigenvalue weighted by Crippen LogP contribution is 2.14. The van der Waals surface area contributed by atoms with E-state index in [9.17, 15) is 0 Å². The number of nitrogens with zero attached hydrogens (tertiary/aromatic N) is 3. The standard InChI is InChI=1S/C12H16N4O/c1-7-5-13-12(15-8(7)2)14-6-11-9(3)16-17-10(11)4/h5H,6H2,1-4H3,(H,13,14,15). The molecule has 2 aromatic heterocycles. The Morgan fingerprint density at radius 1 is 1.18 bits per heavy atom. The lowest BCUT2D eigenvalue weighted by molar-refractivity contribution is 0.392. The van der Waals surface area contributed by atoms with E-state index in [4.69, 9.17) is 4.52 Å². The number of aromatic nitrogens is 3. The van der Waals surface area contributed by atoms with Gasteiger partial charge in [-0.15, -0.1) is 0 Å². The first-order valence-electron chi connectivity index (χ1n) is 5.54. The first kappa shape index (κ1) is 11.6. The molecule has 0 fully saturated rings. The monoisotopic (exact) mass is 232 g/mol. The van der Waals surface area contributed by atoms with Crippen molar-refractivity contribution in [3.63, 3.8) is 0 Å². The molecule has 0 atom stereocenters. The van der Waals surface area contributed by atoms with E-state index in [0.717, 1.165) is 28.3 Å². The minimum atomic E-state index is 0.629. The lowest BCUT2D eigenvalue weighted by Crippen LogP contribution is -2.06. The van der Waals surface area contributed by atoms with Gasteiger partial charge in [0.1, 0.15) is 5.76 Å². The van der Waals surface area contributed by atoms with Crippen LogP contribution in [-0.2, 0) is 6.54 Å². The van der Waals surface area contributed by atoms with E-state index in [1.807, 2.05) is 33.9 Å². The van der Waals surface area contributed by atoms with Crippen LogP contribution in [0.1, 0.15) is 28.3 Å². The topological polar surface area (TPSA) is 63.8 Å². The summed E-state index contributed by atoms with van der Waals surface area (Å²) in [5, 5.41) is 7.08. The second-order valence-corrected chi connectivity index (χ2v) is 4.12. The van der Waals surface area contributed by atoms with Gasteiger partial charge in [0.2, 0.25) is 5.95 Å². The van der Waals surface area contributed by atoms with Crippen molar-refractivity contribution in [3.8, 4) is 0 Å². The molecule has 2 aromatic rings. The van der Waals surface area contributed by atoms with Crippen molar-refractivity contribution in [1.82, 2.24) is 15.1 Å². The summed E-state index contributed by atoms with van der Waals surface area (Å²) in [4.78, 5) is 8.58. The van der Waals surface area contributed by atoms with E-state index in [1.54, 1.807) is 0 Å². The molecule has 90 valence electrons. The van der Waals surface area contributed by atoms with E-state index in [1.165, 1.54) is 0 Å². The Bertz CT molecular complexity index is 514. The van der Waals surface area contributed by atoms with Crippen molar-refractivity contribution in [2.45, 2.75) is 34.2 Å². The molecule has 5 nitrogen and oxygen atoms in total. The van der Waals surface area contributed by atoms with Gasteiger partial charge in [-0.3, -0.25) is 0 Å². The van der Waals surface area contributed by atoms with Crippen LogP contribution in [-0.4, -0.2) is 15.1 Å². The van der Waals surface area contributed by atoms with Crippen LogP contribution in [0, 0.1) is 27.7 Å². The van der Waals surface area contributed by atoms with Crippen LogP contribution in [0.2, 0.25) is 0 Å². The predicted octanol–water partition coefficient (Wildman–Crippen LogP) is 2.31. The van der Waals surface area contributed by atoms with Gasteiger partial charge in [-0.2, -0.15) is 0 Å². The fraction of sp³-hybridized carbons (Fsp3) is 0.417. The molecule has 0 aliphatic heterocycles. The number of rotatable bonds is 3. The zero-order valence-corrected chi connectivity index (χ0v) is 10.5. The van der Waals surface area contributed by atoms with Crippen LogP contribution >= 0.6 is 0 Å². The molecule has 17 heavy (non-hydrogen) atoms. The maximum atomic E-state index is 5.10. The van der Waals surface area contributed by atoms with Crippen molar-refractivity contribution in [2.24, 2.45) is 0 Å². The summed E-state index contributed by atoms with van der Waals surface area (Å²) in [5.41, 5.74) is 4.04. The second kappa shape index (κ2) is 4.53. The molecule has 0 saturated heterocycles. The number of hydrogen-bond donors (Lipinski definition) is 1. The molecule has 0 saturated carbocycles. The van der Waals surface area contributed by atoms with E-state index in [0.29, 0.717) is 12.5 Å². The summed E-state index contributed by atoms with van der Waals surface area (Å²) < 4.78 is 5.10. The van der Waals surface area contributed by atoms with Crippen molar-refractivity contribution in [2.75, 3.05) is 5.32 Å². The molecule has 0 aromatic carbocycles. The number of aryl methyl sites for hydroxylation is 4. The zero-order chi connectivity index (χ0) is 12.4. The summed E-state index contributed by atoms with van der Waals surface area (Å²) in [7, 11) is 0. The van der Waals surface area contributed by atoms with E-state index in [2.05, 4.69) is 20.4 Å². The van der Waals surface area contributed by atoms with Gasteiger partial charge >= 0.3 is 0 Å². The minimum absolute atomic E-state index is 0.629. The Morgan fingerprint density at radius 3 is 2.53 bits per heavy atom. The lowest BCUT2D eigenvalue weighted by atomic mass is 10.2. The maximum absolute atomic E-state index is 5.10. The highest BCUT2D eigenvalue weighted by atomic mass is 16.5. The maximum Gasteiger partial charge on any atom is 0.223 e. The van der Waals surface area contributed by atoms with Crippen LogP contribution < -0.4 is 5.32 Å². The number of anilines is 1. The summed E-state index contributed by atoms with van der Waals surface area (Å²) in [6, 6.07) is 0. The molecule has 2 rings (SSSR count). The van der Waals surface area contributed by atoms with E-state index < -0.39 is 0 Å². The number of nitrogens with one attached hydrogen (secondary N) is 1. The van der Waals surface area contributed by atoms with Crippen molar-refractivity contribution >= 4 is 5.95 Å². The van der Waals surface area contributed by atoms with E-state index >= 15 is 0 Å². The van der Waals surface area contributed by atoms with Gasteiger partial charge in [0, 0.05) is 24.0 Å². The average Bonchev–Trinajstić information content (AvgIpc) is 2.61. The van der Waals surface area contributed by atoms with Gasteiger partial charge in [-0.25, -0.2) is 9.97 Å². The molecule has 0 aliphatic carbocycles. The molecule has 0 spiro atoms. The van der Waals surface area contributed by atoms with Gasteiger partial charge in [-0.05, 0) is 33.3 Å². The highest BCUT2D eigenvalue weighted by Gasteiger charge is 2.09. The van der Waals surface area contributed by atoms with Crippen LogP contribution in [0.4, 0.5) is 5.95 Å². The third kappa shape index (κ3) is 2.43. The molecular formula is C12H16N4O. The third-order valence-corrected chi connectivity index (χ3v) is 2.83. The van der Waals surface area contributed by atoms with Gasteiger partial charge < -0.3 is 9.84 Å². The fourth-order valence-corrected chi connectivity index (χ4v) is 1.53. The van der Waals surface area contributed by atoms with Gasteiger partial charge in [0.15, 0.2) is 0 Å². The predicted molar refractivity (Wildman–Crippen MR) is 64.8 cm³/mol. The Kier molecular flexibility index (Phi) is 3.08. The molecule has 1 N–H and O–H groups in total. The largest absolute Gasteiger partial charge is 0.361 e.